The van der Waals surface area contributed by atoms with Crippen molar-refractivity contribution in [3.05, 3.63) is 10.7 Å². The molecule has 1 rings (SSSR count). The predicted molar refractivity (Wildman–Crippen MR) is 70.8 cm³/mol. The van der Waals surface area contributed by atoms with Gasteiger partial charge in [0.15, 0.2) is 0 Å². The highest BCUT2D eigenvalue weighted by molar-refractivity contribution is 9.10. The summed E-state index contributed by atoms with van der Waals surface area (Å²) < 4.78 is 6.30. The van der Waals surface area contributed by atoms with Gasteiger partial charge in [-0.05, 0) is 29.0 Å². The number of likely N-dealkylation sites (N-methyl/N-ethyl adjacent to an activating group) is 1. The van der Waals surface area contributed by atoms with E-state index < -0.39 is 0 Å². The zero-order valence-electron chi connectivity index (χ0n) is 10.1. The number of anilines is 1. The van der Waals surface area contributed by atoms with E-state index in [1.54, 1.807) is 6.20 Å². The molecule has 0 aromatic carbocycles. The lowest BCUT2D eigenvalue weighted by molar-refractivity contribution is 0.217. The highest BCUT2D eigenvalue weighted by Gasteiger charge is 2.06. The van der Waals surface area contributed by atoms with Crippen LogP contribution in [0.3, 0.4) is 0 Å². The molecule has 0 aliphatic rings. The minimum Gasteiger partial charge on any atom is -0.475 e. The van der Waals surface area contributed by atoms with E-state index in [1.165, 1.54) is 0 Å². The average molecular weight is 304 g/mol. The van der Waals surface area contributed by atoms with Crippen LogP contribution in [0, 0.1) is 0 Å². The summed E-state index contributed by atoms with van der Waals surface area (Å²) in [4.78, 5) is 10.3. The molecule has 0 bridgehead atoms. The largest absolute Gasteiger partial charge is 0.475 e. The monoisotopic (exact) mass is 303 g/mol. The van der Waals surface area contributed by atoms with Crippen LogP contribution in [-0.4, -0.2) is 41.1 Å². The molecule has 0 unspecified atom stereocenters. The molecule has 0 amide bonds. The quantitative estimate of drug-likeness (QED) is 0.583. The molecule has 0 atom stereocenters. The molecule has 0 fully saturated rings. The van der Waals surface area contributed by atoms with Gasteiger partial charge in [0.05, 0.1) is 10.7 Å². The Balaban J connectivity index is 2.50. The normalized spacial score (nSPS) is 10.6. The van der Waals surface area contributed by atoms with Crippen molar-refractivity contribution < 1.29 is 4.74 Å². The Morgan fingerprint density at radius 2 is 2.18 bits per heavy atom. The van der Waals surface area contributed by atoms with Crippen molar-refractivity contribution in [2.24, 2.45) is 5.84 Å². The summed E-state index contributed by atoms with van der Waals surface area (Å²) in [6, 6.07) is 0. The third-order valence-corrected chi connectivity index (χ3v) is 2.93. The summed E-state index contributed by atoms with van der Waals surface area (Å²) in [5.41, 5.74) is 2.38. The number of nitrogens with zero attached hydrogens (tertiary/aromatic N) is 3. The van der Waals surface area contributed by atoms with Gasteiger partial charge in [-0.2, -0.15) is 4.98 Å². The first-order valence-electron chi connectivity index (χ1n) is 5.55. The number of nitrogen functional groups attached to an aromatic ring is 1. The minimum atomic E-state index is 0.339. The van der Waals surface area contributed by atoms with Gasteiger partial charge in [0, 0.05) is 6.54 Å². The number of nitrogens with one attached hydrogen (secondary N) is 1. The number of nitrogens with two attached hydrogens (primary N) is 1. The van der Waals surface area contributed by atoms with Crippen LogP contribution < -0.4 is 16.0 Å². The molecular weight excluding hydrogens is 286 g/mol. The van der Waals surface area contributed by atoms with Gasteiger partial charge in [0.2, 0.25) is 11.8 Å². The van der Waals surface area contributed by atoms with Crippen molar-refractivity contribution in [1.29, 1.82) is 0 Å². The third-order valence-electron chi connectivity index (χ3n) is 2.38. The lowest BCUT2D eigenvalue weighted by atomic mass is 10.5. The molecule has 6 nitrogen and oxygen atoms in total. The molecule has 0 radical (unpaired) electrons. The first kappa shape index (κ1) is 14.1. The van der Waals surface area contributed by atoms with Crippen LogP contribution in [-0.2, 0) is 0 Å². The number of halogens is 1. The number of hydrazine groups is 1. The van der Waals surface area contributed by atoms with Crippen molar-refractivity contribution in [3.8, 4) is 5.88 Å². The van der Waals surface area contributed by atoms with Gasteiger partial charge >= 0.3 is 0 Å². The molecule has 7 heteroatoms. The molecule has 1 aromatic rings. The molecule has 1 heterocycles. The number of rotatable bonds is 7. The molecule has 0 saturated heterocycles. The molecule has 96 valence electrons. The van der Waals surface area contributed by atoms with Crippen LogP contribution in [0.1, 0.15) is 13.8 Å². The highest BCUT2D eigenvalue weighted by atomic mass is 79.9. The summed E-state index contributed by atoms with van der Waals surface area (Å²) in [7, 11) is 0. The Hall–Kier alpha value is -0.920. The van der Waals surface area contributed by atoms with Crippen LogP contribution in [0.2, 0.25) is 0 Å². The Labute approximate surface area is 110 Å². The van der Waals surface area contributed by atoms with Gasteiger partial charge < -0.3 is 9.64 Å². The Morgan fingerprint density at radius 3 is 2.76 bits per heavy atom. The Morgan fingerprint density at radius 1 is 1.47 bits per heavy atom. The van der Waals surface area contributed by atoms with Gasteiger partial charge in [-0.1, -0.05) is 13.8 Å². The fourth-order valence-electron chi connectivity index (χ4n) is 1.33. The first-order chi connectivity index (χ1) is 8.21. The Kier molecular flexibility index (Phi) is 6.17. The van der Waals surface area contributed by atoms with Gasteiger partial charge in [0.1, 0.15) is 6.61 Å². The van der Waals surface area contributed by atoms with Crippen molar-refractivity contribution in [3.63, 3.8) is 0 Å². The van der Waals surface area contributed by atoms with Crippen molar-refractivity contribution in [2.45, 2.75) is 13.8 Å². The van der Waals surface area contributed by atoms with E-state index in [-0.39, 0.29) is 0 Å². The molecule has 0 saturated carbocycles. The maximum atomic E-state index is 5.58. The van der Waals surface area contributed by atoms with E-state index in [0.29, 0.717) is 18.4 Å². The van der Waals surface area contributed by atoms with Crippen molar-refractivity contribution in [1.82, 2.24) is 14.9 Å². The second kappa shape index (κ2) is 7.41. The molecule has 0 aliphatic heterocycles. The van der Waals surface area contributed by atoms with E-state index >= 15 is 0 Å². The maximum Gasteiger partial charge on any atom is 0.240 e. The SMILES string of the molecule is CCN(CC)CCOc1nc(NN)ncc1Br. The van der Waals surface area contributed by atoms with Gasteiger partial charge in [-0.15, -0.1) is 0 Å². The average Bonchev–Trinajstić information content (AvgIpc) is 2.36. The lowest BCUT2D eigenvalue weighted by Crippen LogP contribution is -2.28. The summed E-state index contributed by atoms with van der Waals surface area (Å²) in [5.74, 6) is 6.07. The number of hydrogen-bond donors (Lipinski definition) is 2. The molecule has 3 N–H and O–H groups in total. The smallest absolute Gasteiger partial charge is 0.240 e. The maximum absolute atomic E-state index is 5.58. The van der Waals surface area contributed by atoms with Crippen molar-refractivity contribution >= 4 is 21.9 Å². The van der Waals surface area contributed by atoms with E-state index in [1.807, 2.05) is 0 Å². The zero-order valence-corrected chi connectivity index (χ0v) is 11.7. The summed E-state index contributed by atoms with van der Waals surface area (Å²) in [6.07, 6.45) is 1.61. The van der Waals surface area contributed by atoms with E-state index in [2.05, 4.69) is 50.1 Å². The fraction of sp³-hybridized carbons (Fsp3) is 0.600. The van der Waals surface area contributed by atoms with Crippen LogP contribution >= 0.6 is 15.9 Å². The first-order valence-corrected chi connectivity index (χ1v) is 6.34. The molecule has 0 spiro atoms. The zero-order chi connectivity index (χ0) is 12.7. The van der Waals surface area contributed by atoms with Crippen LogP contribution in [0.15, 0.2) is 10.7 Å². The fourth-order valence-corrected chi connectivity index (χ4v) is 1.64. The van der Waals surface area contributed by atoms with Gasteiger partial charge in [-0.25, -0.2) is 10.8 Å². The standard InChI is InChI=1S/C10H18BrN5O/c1-3-16(4-2)5-6-17-9-8(11)7-13-10(14-9)15-12/h7H,3-6,12H2,1-2H3,(H,13,14,15). The highest BCUT2D eigenvalue weighted by Crippen LogP contribution is 2.21. The van der Waals surface area contributed by atoms with Crippen LogP contribution in [0.25, 0.3) is 0 Å². The van der Waals surface area contributed by atoms with Gasteiger partial charge in [0.25, 0.3) is 0 Å². The van der Waals surface area contributed by atoms with Crippen LogP contribution in [0.5, 0.6) is 5.88 Å². The number of ether oxygens (including phenoxy) is 1. The summed E-state index contributed by atoms with van der Waals surface area (Å²) in [6.45, 7) is 7.73. The summed E-state index contributed by atoms with van der Waals surface area (Å²) >= 11 is 3.33. The van der Waals surface area contributed by atoms with E-state index in [9.17, 15) is 0 Å². The second-order valence-electron chi connectivity index (χ2n) is 3.37. The van der Waals surface area contributed by atoms with Crippen molar-refractivity contribution in [2.75, 3.05) is 31.7 Å². The Bertz CT molecular complexity index is 345. The van der Waals surface area contributed by atoms with E-state index in [4.69, 9.17) is 10.6 Å². The number of hydrogen-bond acceptors (Lipinski definition) is 6. The minimum absolute atomic E-state index is 0.339. The molecule has 1 aromatic heterocycles. The predicted octanol–water partition coefficient (Wildman–Crippen LogP) is 1.25. The van der Waals surface area contributed by atoms with E-state index in [0.717, 1.165) is 24.1 Å². The molecular formula is C10H18BrN5O. The third kappa shape index (κ3) is 4.45. The van der Waals surface area contributed by atoms with Gasteiger partial charge in [-0.3, -0.25) is 5.43 Å². The second-order valence-corrected chi connectivity index (χ2v) is 4.22. The summed E-state index contributed by atoms with van der Waals surface area (Å²) in [5, 5.41) is 0. The topological polar surface area (TPSA) is 76.3 Å². The molecule has 0 aliphatic carbocycles. The molecule has 17 heavy (non-hydrogen) atoms. The lowest BCUT2D eigenvalue weighted by Gasteiger charge is -2.18. The van der Waals surface area contributed by atoms with Crippen LogP contribution in [0.4, 0.5) is 5.95 Å². The number of aromatic nitrogens is 2.